The molecule has 1 atom stereocenters. The van der Waals surface area contributed by atoms with Gasteiger partial charge >= 0.3 is 6.18 Å². The molecule has 0 radical (unpaired) electrons. The van der Waals surface area contributed by atoms with E-state index in [1.807, 2.05) is 6.92 Å². The summed E-state index contributed by atoms with van der Waals surface area (Å²) in [5.74, 6) is -0.492. The Kier molecular flexibility index (Phi) is 3.87. The quantitative estimate of drug-likeness (QED) is 0.894. The predicted octanol–water partition coefficient (Wildman–Crippen LogP) is 2.80. The zero-order valence-electron chi connectivity index (χ0n) is 11.0. The van der Waals surface area contributed by atoms with Crippen molar-refractivity contribution in [2.45, 2.75) is 38.4 Å². The molecule has 1 saturated carbocycles. The number of carbonyl (C=O) groups is 1. The molecule has 1 aromatic rings. The highest BCUT2D eigenvalue weighted by Gasteiger charge is 2.34. The standard InChI is InChI=1S/C13H16F3N3O/c1-7(8-3-2-4-8)18-12-9(11(17)20)5-6-10(19-12)13(14,15)16/h5-8H,2-4H2,1H3,(H2,17,20)(H,18,19). The number of primary amides is 1. The second kappa shape index (κ2) is 5.30. The molecule has 2 rings (SSSR count). The van der Waals surface area contributed by atoms with Crippen LogP contribution >= 0.6 is 0 Å². The lowest BCUT2D eigenvalue weighted by Crippen LogP contribution is -2.32. The van der Waals surface area contributed by atoms with Crippen molar-refractivity contribution in [2.75, 3.05) is 5.32 Å². The molecule has 1 aliphatic carbocycles. The SMILES string of the molecule is CC(Nc1nc(C(F)(F)F)ccc1C(N)=O)C1CCC1. The van der Waals surface area contributed by atoms with Gasteiger partial charge in [0.05, 0.1) is 5.56 Å². The molecule has 4 nitrogen and oxygen atoms in total. The summed E-state index contributed by atoms with van der Waals surface area (Å²) in [5, 5.41) is 2.89. The summed E-state index contributed by atoms with van der Waals surface area (Å²) in [4.78, 5) is 14.8. The van der Waals surface area contributed by atoms with Crippen molar-refractivity contribution in [3.8, 4) is 0 Å². The number of rotatable bonds is 4. The monoisotopic (exact) mass is 287 g/mol. The summed E-state index contributed by atoms with van der Waals surface area (Å²) in [7, 11) is 0. The number of carbonyl (C=O) groups excluding carboxylic acids is 1. The van der Waals surface area contributed by atoms with Crippen LogP contribution in [0.15, 0.2) is 12.1 Å². The van der Waals surface area contributed by atoms with Gasteiger partial charge < -0.3 is 11.1 Å². The van der Waals surface area contributed by atoms with E-state index < -0.39 is 17.8 Å². The third-order valence-electron chi connectivity index (χ3n) is 3.67. The van der Waals surface area contributed by atoms with Crippen molar-refractivity contribution in [1.29, 1.82) is 0 Å². The summed E-state index contributed by atoms with van der Waals surface area (Å²) in [5.41, 5.74) is 4.11. The first kappa shape index (κ1) is 14.6. The molecule has 1 unspecified atom stereocenters. The fourth-order valence-corrected chi connectivity index (χ4v) is 2.20. The first-order valence-corrected chi connectivity index (χ1v) is 6.43. The number of aromatic nitrogens is 1. The van der Waals surface area contributed by atoms with Crippen molar-refractivity contribution in [2.24, 2.45) is 11.7 Å². The van der Waals surface area contributed by atoms with Crippen LogP contribution in [0.4, 0.5) is 19.0 Å². The zero-order chi connectivity index (χ0) is 14.9. The van der Waals surface area contributed by atoms with Crippen molar-refractivity contribution < 1.29 is 18.0 Å². The highest BCUT2D eigenvalue weighted by molar-refractivity contribution is 5.97. The van der Waals surface area contributed by atoms with E-state index in [1.165, 1.54) is 0 Å². The van der Waals surface area contributed by atoms with Gasteiger partial charge in [0.2, 0.25) is 0 Å². The fraction of sp³-hybridized carbons (Fsp3) is 0.538. The van der Waals surface area contributed by atoms with Crippen LogP contribution in [0.1, 0.15) is 42.2 Å². The minimum absolute atomic E-state index is 0.0239. The van der Waals surface area contributed by atoms with Gasteiger partial charge in [-0.05, 0) is 37.8 Å². The number of hydrogen-bond donors (Lipinski definition) is 2. The average molecular weight is 287 g/mol. The molecule has 0 aliphatic heterocycles. The maximum absolute atomic E-state index is 12.7. The van der Waals surface area contributed by atoms with Gasteiger partial charge in [-0.15, -0.1) is 0 Å². The van der Waals surface area contributed by atoms with Crippen LogP contribution in [0.2, 0.25) is 0 Å². The Morgan fingerprint density at radius 1 is 1.45 bits per heavy atom. The smallest absolute Gasteiger partial charge is 0.367 e. The molecular weight excluding hydrogens is 271 g/mol. The van der Waals surface area contributed by atoms with Crippen molar-refractivity contribution >= 4 is 11.7 Å². The zero-order valence-corrected chi connectivity index (χ0v) is 11.0. The summed E-state index contributed by atoms with van der Waals surface area (Å²) in [6.07, 6.45) is -1.38. The van der Waals surface area contributed by atoms with Gasteiger partial charge in [0.25, 0.3) is 5.91 Å². The molecule has 0 bridgehead atoms. The molecule has 0 spiro atoms. The Hall–Kier alpha value is -1.79. The van der Waals surface area contributed by atoms with Crippen LogP contribution in [0.3, 0.4) is 0 Å². The van der Waals surface area contributed by atoms with Gasteiger partial charge in [-0.1, -0.05) is 6.42 Å². The number of hydrogen-bond acceptors (Lipinski definition) is 3. The van der Waals surface area contributed by atoms with Crippen molar-refractivity contribution in [3.05, 3.63) is 23.4 Å². The second-order valence-corrected chi connectivity index (χ2v) is 5.08. The minimum Gasteiger partial charge on any atom is -0.367 e. The van der Waals surface area contributed by atoms with Crippen LogP contribution in [0.25, 0.3) is 0 Å². The van der Waals surface area contributed by atoms with E-state index in [9.17, 15) is 18.0 Å². The summed E-state index contributed by atoms with van der Waals surface area (Å²) in [6, 6.07) is 1.78. The highest BCUT2D eigenvalue weighted by Crippen LogP contribution is 2.33. The lowest BCUT2D eigenvalue weighted by atomic mass is 9.80. The van der Waals surface area contributed by atoms with E-state index in [4.69, 9.17) is 5.73 Å². The van der Waals surface area contributed by atoms with Gasteiger partial charge in [-0.3, -0.25) is 4.79 Å². The first-order valence-electron chi connectivity index (χ1n) is 6.43. The van der Waals surface area contributed by atoms with Gasteiger partial charge in [-0.2, -0.15) is 13.2 Å². The van der Waals surface area contributed by atoms with Crippen LogP contribution in [-0.4, -0.2) is 16.9 Å². The number of pyridine rings is 1. The molecule has 7 heteroatoms. The Bertz CT molecular complexity index is 512. The first-order chi connectivity index (χ1) is 9.29. The van der Waals surface area contributed by atoms with E-state index in [0.29, 0.717) is 5.92 Å². The molecule has 1 heterocycles. The van der Waals surface area contributed by atoms with Crippen LogP contribution in [-0.2, 0) is 6.18 Å². The van der Waals surface area contributed by atoms with E-state index in [-0.39, 0.29) is 17.4 Å². The lowest BCUT2D eigenvalue weighted by molar-refractivity contribution is -0.141. The summed E-state index contributed by atoms with van der Waals surface area (Å²) >= 11 is 0. The molecule has 1 fully saturated rings. The van der Waals surface area contributed by atoms with Gasteiger partial charge in [-0.25, -0.2) is 4.98 Å². The highest BCUT2D eigenvalue weighted by atomic mass is 19.4. The lowest BCUT2D eigenvalue weighted by Gasteiger charge is -2.32. The molecule has 1 amide bonds. The van der Waals surface area contributed by atoms with E-state index in [2.05, 4.69) is 10.3 Å². The number of anilines is 1. The largest absolute Gasteiger partial charge is 0.433 e. The van der Waals surface area contributed by atoms with E-state index >= 15 is 0 Å². The van der Waals surface area contributed by atoms with Gasteiger partial charge in [0.1, 0.15) is 11.5 Å². The van der Waals surface area contributed by atoms with Crippen LogP contribution < -0.4 is 11.1 Å². The fourth-order valence-electron chi connectivity index (χ4n) is 2.20. The number of halogens is 3. The number of amides is 1. The summed E-state index contributed by atoms with van der Waals surface area (Å²) < 4.78 is 38.0. The number of nitrogens with two attached hydrogens (primary N) is 1. The molecule has 3 N–H and O–H groups in total. The molecule has 1 aromatic heterocycles. The maximum atomic E-state index is 12.7. The normalized spacial score (nSPS) is 17.4. The summed E-state index contributed by atoms with van der Waals surface area (Å²) in [6.45, 7) is 1.87. The van der Waals surface area contributed by atoms with Crippen LogP contribution in [0.5, 0.6) is 0 Å². The third kappa shape index (κ3) is 3.02. The number of alkyl halides is 3. The minimum atomic E-state index is -4.55. The van der Waals surface area contributed by atoms with Crippen molar-refractivity contribution in [3.63, 3.8) is 0 Å². The molecule has 0 saturated heterocycles. The van der Waals surface area contributed by atoms with E-state index in [1.54, 1.807) is 0 Å². The predicted molar refractivity (Wildman–Crippen MR) is 68.2 cm³/mol. The second-order valence-electron chi connectivity index (χ2n) is 5.08. The Morgan fingerprint density at radius 3 is 2.55 bits per heavy atom. The maximum Gasteiger partial charge on any atom is 0.433 e. The molecular formula is C13H16F3N3O. The van der Waals surface area contributed by atoms with Gasteiger partial charge in [0.15, 0.2) is 0 Å². The topological polar surface area (TPSA) is 68.0 Å². The third-order valence-corrected chi connectivity index (χ3v) is 3.67. The number of nitrogens with zero attached hydrogens (tertiary/aromatic N) is 1. The Labute approximate surface area is 114 Å². The Morgan fingerprint density at radius 2 is 2.10 bits per heavy atom. The van der Waals surface area contributed by atoms with Crippen LogP contribution in [0, 0.1) is 5.92 Å². The van der Waals surface area contributed by atoms with Crippen molar-refractivity contribution in [1.82, 2.24) is 4.98 Å². The Balaban J connectivity index is 2.29. The van der Waals surface area contributed by atoms with Gasteiger partial charge in [0, 0.05) is 6.04 Å². The molecule has 20 heavy (non-hydrogen) atoms. The molecule has 110 valence electrons. The van der Waals surface area contributed by atoms with E-state index in [0.717, 1.165) is 31.4 Å². The average Bonchev–Trinajstić information content (AvgIpc) is 2.24. The molecule has 1 aliphatic rings. The number of nitrogens with one attached hydrogen (secondary N) is 1. The molecule has 0 aromatic carbocycles.